The second-order valence-electron chi connectivity index (χ2n) is 3.48. The Labute approximate surface area is 94.2 Å². The van der Waals surface area contributed by atoms with Gasteiger partial charge in [0, 0.05) is 29.8 Å². The first-order valence-corrected chi connectivity index (χ1v) is 5.42. The van der Waals surface area contributed by atoms with Crippen LogP contribution in [0.5, 0.6) is 0 Å². The van der Waals surface area contributed by atoms with Gasteiger partial charge in [-0.05, 0) is 12.5 Å². The van der Waals surface area contributed by atoms with E-state index < -0.39 is 0 Å². The van der Waals surface area contributed by atoms with Gasteiger partial charge in [0.2, 0.25) is 0 Å². The summed E-state index contributed by atoms with van der Waals surface area (Å²) in [5.74, 6) is 0.639. The number of hydrogen-bond acceptors (Lipinski definition) is 1. The Balaban J connectivity index is 2.47. The summed E-state index contributed by atoms with van der Waals surface area (Å²) in [4.78, 5) is 13.5. The zero-order valence-corrected chi connectivity index (χ0v) is 9.29. The van der Waals surface area contributed by atoms with Crippen LogP contribution in [0.3, 0.4) is 0 Å². The molecule has 0 saturated carbocycles. The van der Waals surface area contributed by atoms with Gasteiger partial charge in [0.15, 0.2) is 0 Å². The summed E-state index contributed by atoms with van der Waals surface area (Å²) in [7, 11) is 1.79. The molecule has 15 heavy (non-hydrogen) atoms. The molecule has 1 amide bonds. The molecule has 0 unspecified atom stereocenters. The van der Waals surface area contributed by atoms with E-state index in [-0.39, 0.29) is 5.91 Å². The van der Waals surface area contributed by atoms with Crippen molar-refractivity contribution in [2.45, 2.75) is 6.42 Å². The van der Waals surface area contributed by atoms with Crippen LogP contribution in [0, 0.1) is 0 Å². The molecule has 0 N–H and O–H groups in total. The normalized spacial score (nSPS) is 17.3. The zero-order chi connectivity index (χ0) is 10.8. The number of amides is 1. The van der Waals surface area contributed by atoms with Crippen molar-refractivity contribution in [1.29, 1.82) is 0 Å². The Morgan fingerprint density at radius 3 is 2.67 bits per heavy atom. The van der Waals surface area contributed by atoms with Crippen LogP contribution in [0.25, 0.3) is 5.70 Å². The molecule has 3 heteroatoms. The minimum absolute atomic E-state index is 0.0615. The fourth-order valence-corrected chi connectivity index (χ4v) is 1.91. The van der Waals surface area contributed by atoms with Crippen molar-refractivity contribution in [3.05, 3.63) is 41.5 Å². The lowest BCUT2D eigenvalue weighted by Crippen LogP contribution is -2.17. The minimum atomic E-state index is 0.0615. The molecule has 0 saturated heterocycles. The van der Waals surface area contributed by atoms with Gasteiger partial charge >= 0.3 is 0 Å². The van der Waals surface area contributed by atoms with Gasteiger partial charge < -0.3 is 4.90 Å². The number of benzene rings is 1. The van der Waals surface area contributed by atoms with E-state index in [9.17, 15) is 4.79 Å². The average molecular weight is 222 g/mol. The van der Waals surface area contributed by atoms with Gasteiger partial charge in [-0.3, -0.25) is 4.79 Å². The number of fused-ring (bicyclic) bond motifs is 1. The Morgan fingerprint density at radius 2 is 2.00 bits per heavy atom. The fraction of sp³-hybridized carbons (Fsp3) is 0.250. The van der Waals surface area contributed by atoms with Crippen LogP contribution in [-0.4, -0.2) is 23.7 Å². The van der Waals surface area contributed by atoms with Gasteiger partial charge in [-0.1, -0.05) is 24.3 Å². The van der Waals surface area contributed by atoms with E-state index in [4.69, 9.17) is 11.6 Å². The lowest BCUT2D eigenvalue weighted by atomic mass is 10.1. The fourth-order valence-electron chi connectivity index (χ4n) is 1.80. The van der Waals surface area contributed by atoms with Crippen LogP contribution < -0.4 is 0 Å². The molecule has 0 aliphatic carbocycles. The van der Waals surface area contributed by atoms with Crippen molar-refractivity contribution < 1.29 is 4.79 Å². The van der Waals surface area contributed by atoms with Crippen LogP contribution in [0.2, 0.25) is 0 Å². The molecule has 0 atom stereocenters. The van der Waals surface area contributed by atoms with E-state index in [1.807, 2.05) is 30.3 Å². The number of alkyl halides is 1. The molecule has 2 rings (SSSR count). The average Bonchev–Trinajstić information content (AvgIpc) is 2.51. The maximum absolute atomic E-state index is 11.8. The van der Waals surface area contributed by atoms with E-state index >= 15 is 0 Å². The van der Waals surface area contributed by atoms with Crippen molar-refractivity contribution >= 4 is 23.2 Å². The van der Waals surface area contributed by atoms with E-state index in [1.165, 1.54) is 0 Å². The van der Waals surface area contributed by atoms with Crippen LogP contribution >= 0.6 is 11.6 Å². The highest BCUT2D eigenvalue weighted by atomic mass is 35.5. The van der Waals surface area contributed by atoms with Gasteiger partial charge in [0.25, 0.3) is 5.91 Å². The molecular formula is C12H12ClNO. The molecule has 0 bridgehead atoms. The van der Waals surface area contributed by atoms with E-state index in [0.717, 1.165) is 23.2 Å². The molecule has 0 radical (unpaired) electrons. The molecule has 2 nitrogen and oxygen atoms in total. The molecule has 78 valence electrons. The first-order valence-electron chi connectivity index (χ1n) is 4.89. The Kier molecular flexibility index (Phi) is 2.78. The van der Waals surface area contributed by atoms with Gasteiger partial charge in [0.1, 0.15) is 0 Å². The van der Waals surface area contributed by atoms with Crippen LogP contribution in [0.1, 0.15) is 22.3 Å². The summed E-state index contributed by atoms with van der Waals surface area (Å²) in [5, 5.41) is 0. The van der Waals surface area contributed by atoms with Gasteiger partial charge in [-0.15, -0.1) is 11.6 Å². The highest BCUT2D eigenvalue weighted by Crippen LogP contribution is 2.31. The predicted octanol–water partition coefficient (Wildman–Crippen LogP) is 2.74. The lowest BCUT2D eigenvalue weighted by molar-refractivity contribution is 0.0874. The number of rotatable bonds is 2. The molecule has 1 aromatic carbocycles. The predicted molar refractivity (Wildman–Crippen MR) is 61.8 cm³/mol. The van der Waals surface area contributed by atoms with Crippen molar-refractivity contribution in [3.63, 3.8) is 0 Å². The lowest BCUT2D eigenvalue weighted by Gasteiger charge is -2.10. The van der Waals surface area contributed by atoms with Crippen molar-refractivity contribution in [2.75, 3.05) is 12.9 Å². The van der Waals surface area contributed by atoms with Crippen LogP contribution in [0.15, 0.2) is 30.3 Å². The first kappa shape index (κ1) is 10.2. The number of hydrogen-bond donors (Lipinski definition) is 0. The summed E-state index contributed by atoms with van der Waals surface area (Å²) in [6.07, 6.45) is 2.79. The Morgan fingerprint density at radius 1 is 1.33 bits per heavy atom. The topological polar surface area (TPSA) is 20.3 Å². The third-order valence-corrected chi connectivity index (χ3v) is 2.76. The number of carbonyl (C=O) groups excluding carboxylic acids is 1. The van der Waals surface area contributed by atoms with E-state index in [2.05, 4.69) is 0 Å². The second kappa shape index (κ2) is 4.07. The van der Waals surface area contributed by atoms with E-state index in [0.29, 0.717) is 5.88 Å². The second-order valence-corrected chi connectivity index (χ2v) is 3.85. The molecule has 1 heterocycles. The SMILES string of the molecule is CN1C(=O)c2ccccc2/C1=C\CCCl. The molecular weight excluding hydrogens is 210 g/mol. The summed E-state index contributed by atoms with van der Waals surface area (Å²) in [6, 6.07) is 7.65. The Hall–Kier alpha value is -1.28. The summed E-state index contributed by atoms with van der Waals surface area (Å²) >= 11 is 5.64. The quantitative estimate of drug-likeness (QED) is 0.704. The standard InChI is InChI=1S/C12H12ClNO/c1-14-11(7-4-8-13)9-5-2-3-6-10(9)12(14)15/h2-3,5-7H,4,8H2,1H3/b11-7+. The number of carbonyl (C=O) groups is 1. The summed E-state index contributed by atoms with van der Waals surface area (Å²) in [6.45, 7) is 0. The van der Waals surface area contributed by atoms with Crippen molar-refractivity contribution in [3.8, 4) is 0 Å². The van der Waals surface area contributed by atoms with Gasteiger partial charge in [0.05, 0.1) is 0 Å². The molecule has 0 spiro atoms. The Bertz CT molecular complexity index is 425. The number of halogens is 1. The maximum atomic E-state index is 11.8. The van der Waals surface area contributed by atoms with Crippen LogP contribution in [-0.2, 0) is 0 Å². The van der Waals surface area contributed by atoms with Crippen LogP contribution in [0.4, 0.5) is 0 Å². The third-order valence-electron chi connectivity index (χ3n) is 2.55. The van der Waals surface area contributed by atoms with Gasteiger partial charge in [-0.2, -0.15) is 0 Å². The molecule has 0 aromatic heterocycles. The molecule has 1 aliphatic rings. The zero-order valence-electron chi connectivity index (χ0n) is 8.53. The monoisotopic (exact) mass is 221 g/mol. The smallest absolute Gasteiger partial charge is 0.258 e. The number of nitrogens with zero attached hydrogens (tertiary/aromatic N) is 1. The molecule has 1 aromatic rings. The highest BCUT2D eigenvalue weighted by molar-refractivity contribution is 6.18. The molecule has 0 fully saturated rings. The minimum Gasteiger partial charge on any atom is -0.311 e. The van der Waals surface area contributed by atoms with Crippen molar-refractivity contribution in [1.82, 2.24) is 4.90 Å². The van der Waals surface area contributed by atoms with E-state index in [1.54, 1.807) is 11.9 Å². The first-order chi connectivity index (χ1) is 7.25. The third kappa shape index (κ3) is 1.65. The highest BCUT2D eigenvalue weighted by Gasteiger charge is 2.28. The van der Waals surface area contributed by atoms with Gasteiger partial charge in [-0.25, -0.2) is 0 Å². The van der Waals surface area contributed by atoms with Crippen molar-refractivity contribution in [2.24, 2.45) is 0 Å². The number of allylic oxidation sites excluding steroid dienone is 1. The molecule has 1 aliphatic heterocycles. The summed E-state index contributed by atoms with van der Waals surface area (Å²) < 4.78 is 0. The maximum Gasteiger partial charge on any atom is 0.258 e. The summed E-state index contributed by atoms with van der Waals surface area (Å²) in [5.41, 5.74) is 2.76. The largest absolute Gasteiger partial charge is 0.311 e.